The standard InChI is InChI=1S/C12H16BrNO2/c1-3-4-11(13)8-10-5-6-12(14(15)16)7-9(10)2/h5-7,11H,3-4,8H2,1-2H3. The Morgan fingerprint density at radius 2 is 2.19 bits per heavy atom. The third kappa shape index (κ3) is 3.59. The molecule has 4 heteroatoms. The van der Waals surface area contributed by atoms with Gasteiger partial charge in [-0.05, 0) is 30.9 Å². The Morgan fingerprint density at radius 3 is 2.69 bits per heavy atom. The minimum atomic E-state index is -0.353. The molecule has 0 aliphatic carbocycles. The molecule has 0 spiro atoms. The van der Waals surface area contributed by atoms with E-state index in [-0.39, 0.29) is 10.6 Å². The van der Waals surface area contributed by atoms with Gasteiger partial charge in [0.1, 0.15) is 0 Å². The number of rotatable bonds is 5. The van der Waals surface area contributed by atoms with E-state index in [1.807, 2.05) is 13.0 Å². The van der Waals surface area contributed by atoms with Gasteiger partial charge >= 0.3 is 0 Å². The van der Waals surface area contributed by atoms with Crippen molar-refractivity contribution >= 4 is 21.6 Å². The Kier molecular flexibility index (Phi) is 4.93. The van der Waals surface area contributed by atoms with Crippen LogP contribution < -0.4 is 0 Å². The molecule has 1 aromatic carbocycles. The molecule has 0 N–H and O–H groups in total. The molecule has 0 aliphatic heterocycles. The van der Waals surface area contributed by atoms with Crippen LogP contribution in [0.1, 0.15) is 30.9 Å². The molecule has 0 fully saturated rings. The topological polar surface area (TPSA) is 43.1 Å². The SMILES string of the molecule is CCCC(Br)Cc1ccc([N+](=O)[O-])cc1C. The summed E-state index contributed by atoms with van der Waals surface area (Å²) in [5.41, 5.74) is 2.35. The first kappa shape index (κ1) is 13.2. The fraction of sp³-hybridized carbons (Fsp3) is 0.500. The second kappa shape index (κ2) is 5.99. The minimum absolute atomic E-state index is 0.169. The van der Waals surface area contributed by atoms with Crippen LogP contribution >= 0.6 is 15.9 Å². The summed E-state index contributed by atoms with van der Waals surface area (Å²) in [6.45, 7) is 4.07. The second-order valence-electron chi connectivity index (χ2n) is 3.96. The summed E-state index contributed by atoms with van der Waals surface area (Å²) < 4.78 is 0. The Balaban J connectivity index is 2.79. The molecule has 0 heterocycles. The van der Waals surface area contributed by atoms with E-state index < -0.39 is 0 Å². The van der Waals surface area contributed by atoms with Gasteiger partial charge in [-0.3, -0.25) is 10.1 Å². The van der Waals surface area contributed by atoms with Gasteiger partial charge in [-0.1, -0.05) is 35.3 Å². The van der Waals surface area contributed by atoms with E-state index in [1.165, 1.54) is 5.56 Å². The monoisotopic (exact) mass is 285 g/mol. The van der Waals surface area contributed by atoms with Gasteiger partial charge in [0.2, 0.25) is 0 Å². The maximum atomic E-state index is 10.6. The summed E-state index contributed by atoms with van der Waals surface area (Å²) in [5.74, 6) is 0. The van der Waals surface area contributed by atoms with Crippen LogP contribution in [0.5, 0.6) is 0 Å². The first-order chi connectivity index (χ1) is 7.54. The molecule has 3 nitrogen and oxygen atoms in total. The molecular formula is C12H16BrNO2. The molecule has 0 bridgehead atoms. The smallest absolute Gasteiger partial charge is 0.258 e. The fourth-order valence-corrected chi connectivity index (χ4v) is 2.48. The molecule has 0 aromatic heterocycles. The van der Waals surface area contributed by atoms with Crippen molar-refractivity contribution in [3.8, 4) is 0 Å². The van der Waals surface area contributed by atoms with Crippen molar-refractivity contribution in [2.75, 3.05) is 0 Å². The third-order valence-electron chi connectivity index (χ3n) is 2.58. The molecule has 1 aromatic rings. The summed E-state index contributed by atoms with van der Waals surface area (Å²) in [6.07, 6.45) is 3.19. The average molecular weight is 286 g/mol. The quantitative estimate of drug-likeness (QED) is 0.466. The zero-order valence-corrected chi connectivity index (χ0v) is 11.2. The van der Waals surface area contributed by atoms with Crippen molar-refractivity contribution in [1.82, 2.24) is 0 Å². The summed E-state index contributed by atoms with van der Waals surface area (Å²) in [4.78, 5) is 10.7. The third-order valence-corrected chi connectivity index (χ3v) is 3.36. The number of nitro groups is 1. The fourth-order valence-electron chi connectivity index (χ4n) is 1.68. The van der Waals surface area contributed by atoms with Gasteiger partial charge < -0.3 is 0 Å². The lowest BCUT2D eigenvalue weighted by atomic mass is 10.0. The predicted molar refractivity (Wildman–Crippen MR) is 69.2 cm³/mol. The maximum absolute atomic E-state index is 10.6. The highest BCUT2D eigenvalue weighted by Gasteiger charge is 2.10. The molecule has 0 radical (unpaired) electrons. The maximum Gasteiger partial charge on any atom is 0.269 e. The number of hydrogen-bond acceptors (Lipinski definition) is 2. The van der Waals surface area contributed by atoms with Crippen LogP contribution in [0.25, 0.3) is 0 Å². The highest BCUT2D eigenvalue weighted by Crippen LogP contribution is 2.21. The zero-order valence-electron chi connectivity index (χ0n) is 9.57. The molecular weight excluding hydrogens is 270 g/mol. The molecule has 0 saturated carbocycles. The number of benzene rings is 1. The van der Waals surface area contributed by atoms with Crippen molar-refractivity contribution in [3.05, 3.63) is 39.4 Å². The van der Waals surface area contributed by atoms with Crippen molar-refractivity contribution in [3.63, 3.8) is 0 Å². The van der Waals surface area contributed by atoms with E-state index in [9.17, 15) is 10.1 Å². The zero-order chi connectivity index (χ0) is 12.1. The lowest BCUT2D eigenvalue weighted by Crippen LogP contribution is -2.04. The van der Waals surface area contributed by atoms with Gasteiger partial charge in [0.15, 0.2) is 0 Å². The van der Waals surface area contributed by atoms with E-state index in [4.69, 9.17) is 0 Å². The van der Waals surface area contributed by atoms with Crippen molar-refractivity contribution in [2.45, 2.75) is 37.9 Å². The Bertz CT molecular complexity index is 379. The highest BCUT2D eigenvalue weighted by atomic mass is 79.9. The number of non-ortho nitro benzene ring substituents is 1. The van der Waals surface area contributed by atoms with Gasteiger partial charge in [-0.15, -0.1) is 0 Å². The predicted octanol–water partition coefficient (Wildman–Crippen LogP) is 4.01. The van der Waals surface area contributed by atoms with E-state index in [0.29, 0.717) is 4.83 Å². The minimum Gasteiger partial charge on any atom is -0.258 e. The molecule has 88 valence electrons. The molecule has 1 rings (SSSR count). The molecule has 16 heavy (non-hydrogen) atoms. The van der Waals surface area contributed by atoms with Crippen LogP contribution in [0.15, 0.2) is 18.2 Å². The van der Waals surface area contributed by atoms with Crippen LogP contribution in [0.3, 0.4) is 0 Å². The Hall–Kier alpha value is -0.900. The molecule has 0 saturated heterocycles. The second-order valence-corrected chi connectivity index (χ2v) is 5.25. The lowest BCUT2D eigenvalue weighted by molar-refractivity contribution is -0.384. The molecule has 1 atom stereocenters. The summed E-state index contributed by atoms with van der Waals surface area (Å²) in [5, 5.41) is 10.6. The van der Waals surface area contributed by atoms with Gasteiger partial charge in [0, 0.05) is 17.0 Å². The lowest BCUT2D eigenvalue weighted by Gasteiger charge is -2.10. The normalized spacial score (nSPS) is 12.4. The summed E-state index contributed by atoms with van der Waals surface area (Å²) in [7, 11) is 0. The van der Waals surface area contributed by atoms with Crippen LogP contribution in [-0.4, -0.2) is 9.75 Å². The van der Waals surface area contributed by atoms with Gasteiger partial charge in [-0.2, -0.15) is 0 Å². The average Bonchev–Trinajstić information content (AvgIpc) is 2.21. The number of nitro benzene ring substituents is 1. The number of aryl methyl sites for hydroxylation is 1. The van der Waals surface area contributed by atoms with Crippen LogP contribution in [0, 0.1) is 17.0 Å². The highest BCUT2D eigenvalue weighted by molar-refractivity contribution is 9.09. The molecule has 0 amide bonds. The number of halogens is 1. The molecule has 1 unspecified atom stereocenters. The Morgan fingerprint density at radius 1 is 1.50 bits per heavy atom. The van der Waals surface area contributed by atoms with E-state index >= 15 is 0 Å². The van der Waals surface area contributed by atoms with Gasteiger partial charge in [0.05, 0.1) is 4.92 Å². The van der Waals surface area contributed by atoms with Crippen molar-refractivity contribution < 1.29 is 4.92 Å². The van der Waals surface area contributed by atoms with Crippen LogP contribution in [0.2, 0.25) is 0 Å². The summed E-state index contributed by atoms with van der Waals surface area (Å²) in [6, 6.07) is 5.08. The Labute approximate surface area is 104 Å². The van der Waals surface area contributed by atoms with Gasteiger partial charge in [-0.25, -0.2) is 0 Å². The number of alkyl halides is 1. The van der Waals surface area contributed by atoms with Crippen LogP contribution in [-0.2, 0) is 6.42 Å². The van der Waals surface area contributed by atoms with E-state index in [2.05, 4.69) is 22.9 Å². The van der Waals surface area contributed by atoms with Crippen molar-refractivity contribution in [1.29, 1.82) is 0 Å². The molecule has 0 aliphatic rings. The van der Waals surface area contributed by atoms with Crippen LogP contribution in [0.4, 0.5) is 5.69 Å². The van der Waals surface area contributed by atoms with Gasteiger partial charge in [0.25, 0.3) is 5.69 Å². The first-order valence-corrected chi connectivity index (χ1v) is 6.34. The number of nitrogens with zero attached hydrogens (tertiary/aromatic N) is 1. The largest absolute Gasteiger partial charge is 0.269 e. The number of hydrogen-bond donors (Lipinski definition) is 0. The van der Waals surface area contributed by atoms with E-state index in [1.54, 1.807) is 12.1 Å². The van der Waals surface area contributed by atoms with E-state index in [0.717, 1.165) is 24.8 Å². The first-order valence-electron chi connectivity index (χ1n) is 5.42. The van der Waals surface area contributed by atoms with Crippen molar-refractivity contribution in [2.24, 2.45) is 0 Å². The summed E-state index contributed by atoms with van der Waals surface area (Å²) >= 11 is 3.62.